The van der Waals surface area contributed by atoms with Gasteiger partial charge in [0.2, 0.25) is 0 Å². The van der Waals surface area contributed by atoms with Crippen LogP contribution in [0.5, 0.6) is 0 Å². The molecule has 0 aliphatic heterocycles. The van der Waals surface area contributed by atoms with Gasteiger partial charge in [0.25, 0.3) is 0 Å². The summed E-state index contributed by atoms with van der Waals surface area (Å²) >= 11 is 13.3. The number of hydrogen-bond donors (Lipinski definition) is 0. The number of fused-ring (bicyclic) bond motifs is 1. The average molecular weight is 299 g/mol. The second-order valence-electron chi connectivity index (χ2n) is 3.59. The molecule has 0 saturated carbocycles. The van der Waals surface area contributed by atoms with Gasteiger partial charge in [0, 0.05) is 10.4 Å². The maximum Gasteiger partial charge on any atom is 0.150 e. The van der Waals surface area contributed by atoms with E-state index < -0.39 is 0 Å². The maximum atomic E-state index is 13.8. The molecule has 0 unspecified atom stereocenters. The molecule has 0 bridgehead atoms. The summed E-state index contributed by atoms with van der Waals surface area (Å²) in [4.78, 5) is 8.68. The summed E-state index contributed by atoms with van der Waals surface area (Å²) in [7, 11) is 0. The Morgan fingerprint density at radius 1 is 1.17 bits per heavy atom. The SMILES string of the molecule is Fc1cccc(Cl)c1-c1cc2ncnc(Cl)c2s1. The van der Waals surface area contributed by atoms with Crippen LogP contribution in [0.2, 0.25) is 10.2 Å². The zero-order valence-corrected chi connectivity index (χ0v) is 11.2. The highest BCUT2D eigenvalue weighted by atomic mass is 35.5. The molecule has 0 saturated heterocycles. The Bertz CT molecular complexity index is 722. The van der Waals surface area contributed by atoms with Gasteiger partial charge < -0.3 is 0 Å². The third-order valence-corrected chi connectivity index (χ3v) is 4.34. The Hall–Kier alpha value is -1.23. The molecule has 0 atom stereocenters. The average Bonchev–Trinajstić information content (AvgIpc) is 2.74. The van der Waals surface area contributed by atoms with Gasteiger partial charge >= 0.3 is 0 Å². The van der Waals surface area contributed by atoms with Crippen molar-refractivity contribution in [2.45, 2.75) is 0 Å². The molecule has 0 aliphatic carbocycles. The van der Waals surface area contributed by atoms with Gasteiger partial charge in [-0.25, -0.2) is 14.4 Å². The van der Waals surface area contributed by atoms with Crippen molar-refractivity contribution in [1.82, 2.24) is 9.97 Å². The summed E-state index contributed by atoms with van der Waals surface area (Å²) in [5.41, 5.74) is 1.06. The second kappa shape index (κ2) is 4.46. The van der Waals surface area contributed by atoms with Crippen LogP contribution in [-0.2, 0) is 0 Å². The summed E-state index contributed by atoms with van der Waals surface area (Å²) in [5, 5.41) is 0.731. The van der Waals surface area contributed by atoms with Crippen LogP contribution < -0.4 is 0 Å². The first-order chi connectivity index (χ1) is 8.66. The molecule has 0 N–H and O–H groups in total. The first-order valence-corrected chi connectivity index (χ1v) is 6.58. The van der Waals surface area contributed by atoms with E-state index in [4.69, 9.17) is 23.2 Å². The van der Waals surface area contributed by atoms with E-state index in [0.717, 1.165) is 4.70 Å². The van der Waals surface area contributed by atoms with Crippen molar-refractivity contribution >= 4 is 44.8 Å². The van der Waals surface area contributed by atoms with Gasteiger partial charge in [0.05, 0.1) is 15.2 Å². The number of halogens is 3. The molecule has 2 nitrogen and oxygen atoms in total. The summed E-state index contributed by atoms with van der Waals surface area (Å²) in [5.74, 6) is -0.363. The maximum absolute atomic E-state index is 13.8. The van der Waals surface area contributed by atoms with E-state index >= 15 is 0 Å². The molecule has 2 aromatic heterocycles. The van der Waals surface area contributed by atoms with Gasteiger partial charge in [-0.1, -0.05) is 29.3 Å². The highest BCUT2D eigenvalue weighted by molar-refractivity contribution is 7.22. The van der Waals surface area contributed by atoms with E-state index in [1.165, 1.54) is 23.7 Å². The highest BCUT2D eigenvalue weighted by Crippen LogP contribution is 2.39. The molecule has 6 heteroatoms. The quantitative estimate of drug-likeness (QED) is 0.603. The number of nitrogens with zero attached hydrogens (tertiary/aromatic N) is 2. The molecule has 18 heavy (non-hydrogen) atoms. The van der Waals surface area contributed by atoms with Crippen LogP contribution in [0.15, 0.2) is 30.6 Å². The molecular weight excluding hydrogens is 294 g/mol. The van der Waals surface area contributed by atoms with Gasteiger partial charge in [-0.3, -0.25) is 0 Å². The fourth-order valence-electron chi connectivity index (χ4n) is 1.68. The Morgan fingerprint density at radius 3 is 2.72 bits per heavy atom. The Labute approximate surface area is 116 Å². The fraction of sp³-hybridized carbons (Fsp3) is 0. The van der Waals surface area contributed by atoms with E-state index in [1.807, 2.05) is 0 Å². The van der Waals surface area contributed by atoms with Crippen LogP contribution in [0.3, 0.4) is 0 Å². The lowest BCUT2D eigenvalue weighted by Gasteiger charge is -2.01. The van der Waals surface area contributed by atoms with Gasteiger partial charge in [-0.05, 0) is 18.2 Å². The molecule has 3 aromatic rings. The predicted octanol–water partition coefficient (Wildman–Crippen LogP) is 4.80. The number of rotatable bonds is 1. The minimum Gasteiger partial charge on any atom is -0.235 e. The third-order valence-electron chi connectivity index (χ3n) is 2.48. The van der Waals surface area contributed by atoms with Crippen LogP contribution in [0, 0.1) is 5.82 Å². The first kappa shape index (κ1) is 11.8. The standard InChI is InChI=1S/C12H5Cl2FN2S/c13-6-2-1-3-7(15)10(6)9-4-8-11(18-9)12(14)17-5-16-8/h1-5H. The number of benzene rings is 1. The zero-order chi connectivity index (χ0) is 12.7. The van der Waals surface area contributed by atoms with Crippen molar-refractivity contribution in [3.8, 4) is 10.4 Å². The summed E-state index contributed by atoms with van der Waals surface area (Å²) < 4.78 is 14.5. The minimum absolute atomic E-state index is 0.363. The van der Waals surface area contributed by atoms with Crippen LogP contribution in [0.4, 0.5) is 4.39 Å². The smallest absolute Gasteiger partial charge is 0.150 e. The van der Waals surface area contributed by atoms with E-state index in [9.17, 15) is 4.39 Å². The Kier molecular flexibility index (Phi) is 2.93. The predicted molar refractivity (Wildman–Crippen MR) is 72.8 cm³/mol. The van der Waals surface area contributed by atoms with Crippen molar-refractivity contribution in [2.24, 2.45) is 0 Å². The van der Waals surface area contributed by atoms with Crippen LogP contribution in [-0.4, -0.2) is 9.97 Å². The van der Waals surface area contributed by atoms with E-state index in [-0.39, 0.29) is 5.82 Å². The largest absolute Gasteiger partial charge is 0.235 e. The summed E-state index contributed by atoms with van der Waals surface area (Å²) in [6.45, 7) is 0. The normalized spacial score (nSPS) is 11.1. The van der Waals surface area contributed by atoms with Gasteiger partial charge in [-0.15, -0.1) is 11.3 Å². The Balaban J connectivity index is 2.30. The molecule has 2 heterocycles. The molecule has 0 radical (unpaired) electrons. The van der Waals surface area contributed by atoms with Gasteiger partial charge in [-0.2, -0.15) is 0 Å². The van der Waals surface area contributed by atoms with E-state index in [2.05, 4.69) is 9.97 Å². The van der Waals surface area contributed by atoms with Crippen LogP contribution in [0.25, 0.3) is 20.7 Å². The number of thiophene rings is 1. The van der Waals surface area contributed by atoms with Gasteiger partial charge in [0.1, 0.15) is 17.3 Å². The topological polar surface area (TPSA) is 25.8 Å². The van der Waals surface area contributed by atoms with Gasteiger partial charge in [0.15, 0.2) is 0 Å². The van der Waals surface area contributed by atoms with Crippen molar-refractivity contribution in [3.05, 3.63) is 46.6 Å². The lowest BCUT2D eigenvalue weighted by molar-refractivity contribution is 0.632. The summed E-state index contributed by atoms with van der Waals surface area (Å²) in [6, 6.07) is 6.36. The van der Waals surface area contributed by atoms with E-state index in [1.54, 1.807) is 18.2 Å². The lowest BCUT2D eigenvalue weighted by Crippen LogP contribution is -1.81. The molecule has 0 amide bonds. The molecule has 3 rings (SSSR count). The van der Waals surface area contributed by atoms with E-state index in [0.29, 0.717) is 26.1 Å². The zero-order valence-electron chi connectivity index (χ0n) is 8.82. The third kappa shape index (κ3) is 1.86. The van der Waals surface area contributed by atoms with Crippen LogP contribution in [0.1, 0.15) is 0 Å². The van der Waals surface area contributed by atoms with Crippen molar-refractivity contribution in [2.75, 3.05) is 0 Å². The second-order valence-corrected chi connectivity index (χ2v) is 5.40. The first-order valence-electron chi connectivity index (χ1n) is 5.01. The molecule has 1 aromatic carbocycles. The number of aromatic nitrogens is 2. The Morgan fingerprint density at radius 2 is 2.00 bits per heavy atom. The molecule has 90 valence electrons. The van der Waals surface area contributed by atoms with Crippen molar-refractivity contribution < 1.29 is 4.39 Å². The molecular formula is C12H5Cl2FN2S. The fourth-order valence-corrected chi connectivity index (χ4v) is 3.31. The molecule has 0 spiro atoms. The highest BCUT2D eigenvalue weighted by Gasteiger charge is 2.14. The lowest BCUT2D eigenvalue weighted by atomic mass is 10.2. The van der Waals surface area contributed by atoms with Crippen LogP contribution >= 0.6 is 34.5 Å². The minimum atomic E-state index is -0.363. The van der Waals surface area contributed by atoms with Crippen molar-refractivity contribution in [1.29, 1.82) is 0 Å². The summed E-state index contributed by atoms with van der Waals surface area (Å²) in [6.07, 6.45) is 1.38. The van der Waals surface area contributed by atoms with Crippen molar-refractivity contribution in [3.63, 3.8) is 0 Å². The molecule has 0 fully saturated rings. The monoisotopic (exact) mass is 298 g/mol. The number of hydrogen-bond acceptors (Lipinski definition) is 3. The molecule has 0 aliphatic rings.